The van der Waals surface area contributed by atoms with E-state index in [0.717, 1.165) is 9.47 Å². The summed E-state index contributed by atoms with van der Waals surface area (Å²) in [5, 5.41) is -1.37. The Kier molecular flexibility index (Phi) is 5.84. The Hall–Kier alpha value is -7.23. The third kappa shape index (κ3) is 7.31. The Morgan fingerprint density at radius 3 is 1.97 bits per heavy atom. The summed E-state index contributed by atoms with van der Waals surface area (Å²) in [7, 11) is 0. The number of benzene rings is 8. The molecule has 9 heteroatoms. The Bertz CT molecular complexity index is 5520. The summed E-state index contributed by atoms with van der Waals surface area (Å²) in [4.78, 5) is 0.929. The number of halogens is 3. The second kappa shape index (κ2) is 15.9. The number of thiophene rings is 1. The lowest BCUT2D eigenvalue weighted by atomic mass is 9.34. The summed E-state index contributed by atoms with van der Waals surface area (Å²) in [6.45, 7) is 15.6. The highest BCUT2D eigenvalue weighted by molar-refractivity contribution is 7.26. The number of nitrogens with zero attached hydrogens (tertiary/aromatic N) is 2. The monoisotopic (exact) mass is 1040 g/mol. The number of para-hydroxylation sites is 1. The first-order valence-corrected chi connectivity index (χ1v) is 24.8. The van der Waals surface area contributed by atoms with E-state index in [1.165, 1.54) is 13.8 Å². The minimum Gasteiger partial charge on any atom is -0.458 e. The minimum atomic E-state index is -5.56. The van der Waals surface area contributed by atoms with Crippen LogP contribution in [0.25, 0.3) is 59.1 Å². The minimum absolute atomic E-state index is 0.0600. The van der Waals surface area contributed by atoms with E-state index in [4.69, 9.17) is 11.6 Å². The predicted octanol–water partition coefficient (Wildman–Crippen LogP) is 17.2. The lowest BCUT2D eigenvalue weighted by Gasteiger charge is -2.42. The summed E-state index contributed by atoms with van der Waals surface area (Å²) < 4.78 is 300. The molecule has 0 fully saturated rings. The van der Waals surface area contributed by atoms with E-state index in [-0.39, 0.29) is 53.9 Å². The van der Waals surface area contributed by atoms with Gasteiger partial charge in [-0.3, -0.25) is 0 Å². The van der Waals surface area contributed by atoms with Crippen molar-refractivity contribution >= 4 is 82.6 Å². The van der Waals surface area contributed by atoms with Gasteiger partial charge < -0.3 is 18.9 Å². The molecule has 0 spiro atoms. The molecule has 75 heavy (non-hydrogen) atoms. The number of hydrogen-bond acceptors (Lipinski definition) is 4. The molecule has 0 amide bonds. The van der Waals surface area contributed by atoms with Crippen molar-refractivity contribution in [3.05, 3.63) is 179 Å². The Morgan fingerprint density at radius 1 is 0.600 bits per heavy atom. The average Bonchev–Trinajstić information content (AvgIpc) is 1.27. The van der Waals surface area contributed by atoms with Crippen LogP contribution >= 0.6 is 11.3 Å². The molecule has 0 saturated carbocycles. The highest BCUT2D eigenvalue weighted by atomic mass is 32.1. The molecule has 374 valence electrons. The van der Waals surface area contributed by atoms with E-state index in [0.29, 0.717) is 11.3 Å². The van der Waals surface area contributed by atoms with Gasteiger partial charge in [-0.05, 0) is 120 Å². The summed E-state index contributed by atoms with van der Waals surface area (Å²) in [5.74, 6) is -2.87. The maximum atomic E-state index is 14.4. The molecule has 4 heterocycles. The van der Waals surface area contributed by atoms with E-state index in [1.807, 2.05) is 0 Å². The van der Waals surface area contributed by atoms with Crippen LogP contribution in [0.3, 0.4) is 0 Å². The highest BCUT2D eigenvalue weighted by Crippen LogP contribution is 2.55. The fraction of sp³-hybridized carbons (Fsp3) is 0.242. The van der Waals surface area contributed by atoms with Crippen LogP contribution in [0.5, 0.6) is 17.2 Å². The second-order valence-corrected chi connectivity index (χ2v) is 23.5. The maximum absolute atomic E-state index is 14.4. The Morgan fingerprint density at radius 2 is 1.25 bits per heavy atom. The van der Waals surface area contributed by atoms with Crippen molar-refractivity contribution in [2.45, 2.75) is 104 Å². The standard InChI is InChI=1S/C66H58BF3N2O2S/c1-62(2,3)38-22-20-37(21-23-38)45-32-39(63(4,5)6)24-28-51(45)72-52-29-25-40(64(7,8)9)33-49(52)67-48-27-31-56-57(46-36-42(74-66(68,69)70)26-30-55(46)75-56)61(48)73-54-35-41(34-53(72)59(54)67)71-50-19-15-13-17-44(50)58-60(71)43-16-12-14-18-47(43)65(58,10)11/h12-36H,1-11H3/i12D,13D,14D,15D,16D,17D,18D,19D,20D,21D,22D,23D,24D,25D,26D,27D,28D,29D,30D,31D,32D,33D,34D,35D,36D. The SMILES string of the molecule is [2H]c1c([2H])c([2H])c2c(c1[2H])-c1c(c3c([2H])c([2H])c([2H])c([2H])c3n1-c1c([2H])c3c4c(c1[2H])N(c1c([2H])c([2H])c(C(C)(C)C)c([2H])c1-c1c([2H])c([2H])c(C(C)(C)C)c([2H])c1[2H])c1c([2H])c([2H])c(C(C)(C)C)c([2H])c1B4c1c([2H])c([2H])c4sc5c([2H])c([2H])c(OC(F)(F)F)c([2H])c5c4c1O3)C2(C)C. The van der Waals surface area contributed by atoms with Crippen LogP contribution in [0, 0.1) is 0 Å². The van der Waals surface area contributed by atoms with Gasteiger partial charge in [0.15, 0.2) is 0 Å². The molecule has 10 aromatic rings. The van der Waals surface area contributed by atoms with Gasteiger partial charge in [-0.1, -0.05) is 167 Å². The van der Waals surface area contributed by atoms with Crippen LogP contribution in [0.1, 0.15) is 138 Å². The third-order valence-corrected chi connectivity index (χ3v) is 14.9. The first-order valence-electron chi connectivity index (χ1n) is 36.5. The van der Waals surface area contributed by atoms with Crippen LogP contribution in [0.2, 0.25) is 0 Å². The van der Waals surface area contributed by atoms with Crippen LogP contribution in [0.4, 0.5) is 30.2 Å². The smallest absolute Gasteiger partial charge is 0.458 e. The summed E-state index contributed by atoms with van der Waals surface area (Å²) in [6.07, 6.45) is -5.56. The molecule has 13 rings (SSSR count). The maximum Gasteiger partial charge on any atom is 0.573 e. The number of fused-ring (bicyclic) bond motifs is 13. The number of aromatic nitrogens is 1. The number of hydrogen-bond donors (Lipinski definition) is 0. The zero-order valence-electron chi connectivity index (χ0n) is 67.3. The van der Waals surface area contributed by atoms with Gasteiger partial charge >= 0.3 is 6.36 Å². The molecule has 2 aromatic heterocycles. The molecule has 1 aliphatic carbocycles. The fourth-order valence-corrected chi connectivity index (χ4v) is 11.2. The molecule has 0 N–H and O–H groups in total. The fourth-order valence-electron chi connectivity index (χ4n) is 10.3. The van der Waals surface area contributed by atoms with E-state index >= 15 is 0 Å². The van der Waals surface area contributed by atoms with Crippen LogP contribution < -0.4 is 30.8 Å². The van der Waals surface area contributed by atoms with Crippen molar-refractivity contribution in [1.29, 1.82) is 0 Å². The first kappa shape index (κ1) is 27.5. The molecule has 0 radical (unpaired) electrons. The molecule has 0 bridgehead atoms. The summed E-state index contributed by atoms with van der Waals surface area (Å²) in [5.41, 5.74) is -12.7. The molecule has 0 unspecified atom stereocenters. The zero-order valence-corrected chi connectivity index (χ0v) is 43.1. The van der Waals surface area contributed by atoms with Crippen LogP contribution in [-0.2, 0) is 21.7 Å². The lowest BCUT2D eigenvalue weighted by molar-refractivity contribution is -0.274. The topological polar surface area (TPSA) is 26.6 Å². The molecular formula is C66H58BF3N2O2S. The number of rotatable bonds is 4. The molecule has 2 aliphatic heterocycles. The van der Waals surface area contributed by atoms with Gasteiger partial charge in [0.25, 0.3) is 6.71 Å². The van der Waals surface area contributed by atoms with Gasteiger partial charge in [0.05, 0.1) is 56.9 Å². The Labute approximate surface area is 476 Å². The van der Waals surface area contributed by atoms with E-state index in [9.17, 15) is 40.6 Å². The van der Waals surface area contributed by atoms with Crippen molar-refractivity contribution in [3.8, 4) is 45.3 Å². The largest absolute Gasteiger partial charge is 0.573 e. The van der Waals surface area contributed by atoms with Crippen molar-refractivity contribution in [1.82, 2.24) is 4.57 Å². The Balaban J connectivity index is 1.36. The van der Waals surface area contributed by atoms with Crippen molar-refractivity contribution in [3.63, 3.8) is 0 Å². The first-order chi connectivity index (χ1) is 45.9. The van der Waals surface area contributed by atoms with E-state index in [1.54, 1.807) is 62.3 Å². The molecule has 0 saturated heterocycles. The zero-order chi connectivity index (χ0) is 74.2. The van der Waals surface area contributed by atoms with Gasteiger partial charge in [0, 0.05) is 59.5 Å². The second-order valence-electron chi connectivity index (χ2n) is 22.5. The summed E-state index contributed by atoms with van der Waals surface area (Å²) >= 11 is 0.520. The molecule has 3 aliphatic rings. The van der Waals surface area contributed by atoms with Gasteiger partial charge in [-0.2, -0.15) is 0 Å². The number of alkyl halides is 3. The van der Waals surface area contributed by atoms with E-state index < -0.39 is 270 Å². The van der Waals surface area contributed by atoms with Gasteiger partial charge in [0.2, 0.25) is 0 Å². The van der Waals surface area contributed by atoms with Crippen LogP contribution in [-0.4, -0.2) is 17.6 Å². The van der Waals surface area contributed by atoms with E-state index in [2.05, 4.69) is 4.74 Å². The van der Waals surface area contributed by atoms with Gasteiger partial charge in [-0.25, -0.2) is 0 Å². The third-order valence-electron chi connectivity index (χ3n) is 13.9. The average molecular weight is 1040 g/mol. The summed E-state index contributed by atoms with van der Waals surface area (Å²) in [6, 6.07) is -19.9. The van der Waals surface area contributed by atoms with Crippen molar-refractivity contribution < 1.29 is 56.9 Å². The number of ether oxygens (including phenoxy) is 2. The normalized spacial score (nSPS) is 19.4. The lowest BCUT2D eigenvalue weighted by Crippen LogP contribution is -2.59. The quantitative estimate of drug-likeness (QED) is 0.164. The predicted molar refractivity (Wildman–Crippen MR) is 308 cm³/mol. The molecule has 8 aromatic carbocycles. The van der Waals surface area contributed by atoms with Crippen LogP contribution in [0.15, 0.2) is 151 Å². The highest BCUT2D eigenvalue weighted by Gasteiger charge is 2.46. The van der Waals surface area contributed by atoms with Crippen molar-refractivity contribution in [2.75, 3.05) is 4.90 Å². The van der Waals surface area contributed by atoms with Crippen molar-refractivity contribution in [2.24, 2.45) is 0 Å². The number of anilines is 3. The molecular weight excluding hydrogens is 953 g/mol. The van der Waals surface area contributed by atoms with Gasteiger partial charge in [0.1, 0.15) is 17.2 Å². The van der Waals surface area contributed by atoms with Gasteiger partial charge in [-0.15, -0.1) is 24.5 Å². The molecule has 4 nitrogen and oxygen atoms in total. The molecule has 0 atom stereocenters.